The summed E-state index contributed by atoms with van der Waals surface area (Å²) < 4.78 is 1.63. The highest BCUT2D eigenvalue weighted by molar-refractivity contribution is 6.33. The lowest BCUT2D eigenvalue weighted by atomic mass is 10.1. The van der Waals surface area contributed by atoms with Crippen LogP contribution in [-0.2, 0) is 6.54 Å². The molecule has 0 atom stereocenters. The third-order valence-electron chi connectivity index (χ3n) is 3.04. The van der Waals surface area contributed by atoms with E-state index in [9.17, 15) is 9.90 Å². The van der Waals surface area contributed by atoms with E-state index in [2.05, 4.69) is 17.2 Å². The number of nitrogens with zero attached hydrogens (tertiary/aromatic N) is 3. The van der Waals surface area contributed by atoms with Gasteiger partial charge in [-0.1, -0.05) is 54.8 Å². The van der Waals surface area contributed by atoms with Crippen molar-refractivity contribution in [3.63, 3.8) is 0 Å². The van der Waals surface area contributed by atoms with Gasteiger partial charge >= 0.3 is 5.97 Å². The van der Waals surface area contributed by atoms with E-state index in [1.807, 2.05) is 6.07 Å². The molecule has 0 spiro atoms. The third-order valence-corrected chi connectivity index (χ3v) is 3.37. The van der Waals surface area contributed by atoms with Crippen LogP contribution in [0.4, 0.5) is 0 Å². The quantitative estimate of drug-likeness (QED) is 0.828. The smallest absolute Gasteiger partial charge is 0.358 e. The second-order valence-corrected chi connectivity index (χ2v) is 4.91. The minimum absolute atomic E-state index is 0.0606. The summed E-state index contributed by atoms with van der Waals surface area (Å²) >= 11 is 6.16. The highest BCUT2D eigenvalue weighted by atomic mass is 35.5. The molecule has 0 amide bonds. The number of rotatable bonds is 6. The highest BCUT2D eigenvalue weighted by Gasteiger charge is 2.21. The highest BCUT2D eigenvalue weighted by Crippen LogP contribution is 2.29. The molecule has 0 aliphatic carbocycles. The summed E-state index contributed by atoms with van der Waals surface area (Å²) in [7, 11) is 0. The van der Waals surface area contributed by atoms with Gasteiger partial charge in [-0.15, -0.1) is 5.10 Å². The van der Waals surface area contributed by atoms with Crippen molar-refractivity contribution in [1.82, 2.24) is 15.0 Å². The normalized spacial score (nSPS) is 10.7. The van der Waals surface area contributed by atoms with Crippen LogP contribution >= 0.6 is 11.6 Å². The Bertz CT molecular complexity index is 610. The molecule has 6 heteroatoms. The van der Waals surface area contributed by atoms with E-state index in [0.717, 1.165) is 19.3 Å². The van der Waals surface area contributed by atoms with E-state index >= 15 is 0 Å². The predicted octanol–water partition coefficient (Wildman–Crippen LogP) is 3.49. The average molecular weight is 294 g/mol. The van der Waals surface area contributed by atoms with Gasteiger partial charge in [0.15, 0.2) is 5.69 Å². The molecule has 1 aromatic carbocycles. The van der Waals surface area contributed by atoms with Gasteiger partial charge in [0.2, 0.25) is 0 Å². The molecule has 0 bridgehead atoms. The first-order valence-electron chi connectivity index (χ1n) is 6.56. The van der Waals surface area contributed by atoms with Gasteiger partial charge in [0.1, 0.15) is 5.69 Å². The summed E-state index contributed by atoms with van der Waals surface area (Å²) in [4.78, 5) is 11.3. The van der Waals surface area contributed by atoms with Crippen LogP contribution in [0.15, 0.2) is 24.3 Å². The number of carboxylic acids is 1. The number of aromatic nitrogens is 3. The van der Waals surface area contributed by atoms with E-state index in [1.54, 1.807) is 22.9 Å². The summed E-state index contributed by atoms with van der Waals surface area (Å²) in [6.45, 7) is 2.74. The lowest BCUT2D eigenvalue weighted by Gasteiger charge is -2.08. The summed E-state index contributed by atoms with van der Waals surface area (Å²) in [5.41, 5.74) is 1.06. The number of benzene rings is 1. The van der Waals surface area contributed by atoms with Crippen molar-refractivity contribution in [2.45, 2.75) is 32.7 Å². The predicted molar refractivity (Wildman–Crippen MR) is 77.0 cm³/mol. The molecule has 2 aromatic rings. The Labute approximate surface area is 122 Å². The number of hydrogen-bond donors (Lipinski definition) is 1. The van der Waals surface area contributed by atoms with Crippen LogP contribution < -0.4 is 0 Å². The van der Waals surface area contributed by atoms with E-state index in [4.69, 9.17) is 11.6 Å². The molecule has 0 radical (unpaired) electrons. The second-order valence-electron chi connectivity index (χ2n) is 4.50. The van der Waals surface area contributed by atoms with Crippen LogP contribution in [0.5, 0.6) is 0 Å². The fourth-order valence-electron chi connectivity index (χ4n) is 2.05. The first kappa shape index (κ1) is 14.5. The largest absolute Gasteiger partial charge is 0.476 e. The lowest BCUT2D eigenvalue weighted by Crippen LogP contribution is -2.05. The molecule has 1 N–H and O–H groups in total. The fraction of sp³-hybridized carbons (Fsp3) is 0.357. The van der Waals surface area contributed by atoms with Crippen LogP contribution in [0.2, 0.25) is 5.02 Å². The number of aryl methyl sites for hydroxylation is 1. The van der Waals surface area contributed by atoms with Gasteiger partial charge in [-0.25, -0.2) is 9.48 Å². The number of carboxylic acid groups (broad SMARTS) is 1. The maximum atomic E-state index is 11.3. The molecule has 0 unspecified atom stereocenters. The second kappa shape index (κ2) is 6.52. The Morgan fingerprint density at radius 1 is 1.35 bits per heavy atom. The minimum atomic E-state index is -1.10. The maximum absolute atomic E-state index is 11.3. The molecule has 0 fully saturated rings. The van der Waals surface area contributed by atoms with Crippen molar-refractivity contribution < 1.29 is 9.90 Å². The van der Waals surface area contributed by atoms with Gasteiger partial charge in [-0.2, -0.15) is 0 Å². The van der Waals surface area contributed by atoms with Crippen molar-refractivity contribution >= 4 is 17.6 Å². The maximum Gasteiger partial charge on any atom is 0.358 e. The van der Waals surface area contributed by atoms with E-state index in [-0.39, 0.29) is 5.69 Å². The van der Waals surface area contributed by atoms with Crippen LogP contribution in [0.1, 0.15) is 36.7 Å². The zero-order valence-electron chi connectivity index (χ0n) is 11.2. The molecular formula is C14H16ClN3O2. The third kappa shape index (κ3) is 2.99. The van der Waals surface area contributed by atoms with Crippen LogP contribution in [0.25, 0.3) is 11.3 Å². The van der Waals surface area contributed by atoms with Gasteiger partial charge in [-0.3, -0.25) is 0 Å². The fourth-order valence-corrected chi connectivity index (χ4v) is 2.27. The van der Waals surface area contributed by atoms with E-state index in [0.29, 0.717) is 22.8 Å². The first-order chi connectivity index (χ1) is 9.65. The SMILES string of the molecule is CCCCCn1nnc(C(=O)O)c1-c1ccccc1Cl. The van der Waals surface area contributed by atoms with Crippen LogP contribution in [0, 0.1) is 0 Å². The van der Waals surface area contributed by atoms with Gasteiger partial charge in [0.25, 0.3) is 0 Å². The Balaban J connectivity index is 2.45. The monoisotopic (exact) mass is 293 g/mol. The molecule has 0 aliphatic heterocycles. The van der Waals surface area contributed by atoms with Gasteiger partial charge in [0.05, 0.1) is 5.02 Å². The van der Waals surface area contributed by atoms with Crippen LogP contribution in [-0.4, -0.2) is 26.1 Å². The average Bonchev–Trinajstić information content (AvgIpc) is 2.83. The van der Waals surface area contributed by atoms with Crippen molar-refractivity contribution in [1.29, 1.82) is 0 Å². The molecule has 106 valence electrons. The Morgan fingerprint density at radius 3 is 2.75 bits per heavy atom. The Morgan fingerprint density at radius 2 is 2.10 bits per heavy atom. The molecule has 0 saturated carbocycles. The van der Waals surface area contributed by atoms with Crippen molar-refractivity contribution in [2.24, 2.45) is 0 Å². The summed E-state index contributed by atoms with van der Waals surface area (Å²) in [6, 6.07) is 7.13. The van der Waals surface area contributed by atoms with E-state index in [1.165, 1.54) is 0 Å². The topological polar surface area (TPSA) is 68.0 Å². The summed E-state index contributed by atoms with van der Waals surface area (Å²) in [5.74, 6) is -1.10. The molecule has 5 nitrogen and oxygen atoms in total. The van der Waals surface area contributed by atoms with Gasteiger partial charge in [-0.05, 0) is 12.5 Å². The number of halogens is 1. The number of hydrogen-bond acceptors (Lipinski definition) is 3. The van der Waals surface area contributed by atoms with Crippen molar-refractivity contribution in [3.05, 3.63) is 35.0 Å². The minimum Gasteiger partial charge on any atom is -0.476 e. The molecule has 1 heterocycles. The molecule has 2 rings (SSSR count). The first-order valence-corrected chi connectivity index (χ1v) is 6.94. The van der Waals surface area contributed by atoms with Gasteiger partial charge < -0.3 is 5.11 Å². The summed E-state index contributed by atoms with van der Waals surface area (Å²) in [5, 5.41) is 17.5. The van der Waals surface area contributed by atoms with Crippen LogP contribution in [0.3, 0.4) is 0 Å². The van der Waals surface area contributed by atoms with Gasteiger partial charge in [0, 0.05) is 12.1 Å². The standard InChI is InChI=1S/C14H16ClN3O2/c1-2-3-6-9-18-13(12(14(19)20)16-17-18)10-7-4-5-8-11(10)15/h4-5,7-8H,2-3,6,9H2,1H3,(H,19,20). The number of unbranched alkanes of at least 4 members (excludes halogenated alkanes) is 2. The molecule has 20 heavy (non-hydrogen) atoms. The molecular weight excluding hydrogens is 278 g/mol. The van der Waals surface area contributed by atoms with Crippen molar-refractivity contribution in [2.75, 3.05) is 0 Å². The zero-order chi connectivity index (χ0) is 14.5. The molecule has 1 aromatic heterocycles. The zero-order valence-corrected chi connectivity index (χ0v) is 12.0. The van der Waals surface area contributed by atoms with E-state index < -0.39 is 5.97 Å². The molecule has 0 saturated heterocycles. The molecule has 0 aliphatic rings. The lowest BCUT2D eigenvalue weighted by molar-refractivity contribution is 0.0691. The number of aromatic carboxylic acids is 1. The Hall–Kier alpha value is -1.88. The Kier molecular flexibility index (Phi) is 4.74. The van der Waals surface area contributed by atoms with Crippen molar-refractivity contribution in [3.8, 4) is 11.3 Å². The summed E-state index contributed by atoms with van der Waals surface area (Å²) in [6.07, 6.45) is 3.07. The number of carbonyl (C=O) groups is 1.